The Morgan fingerprint density at radius 2 is 1.72 bits per heavy atom. The number of thiazole rings is 1. The second-order valence-electron chi connectivity index (χ2n) is 11.6. The summed E-state index contributed by atoms with van der Waals surface area (Å²) in [6, 6.07) is 8.43. The van der Waals surface area contributed by atoms with E-state index < -0.39 is 29.9 Å². The first-order valence-electron chi connectivity index (χ1n) is 14.9. The SMILES string of the molecule is CC[C@H](C)C(N)C(=O)N(C)[C@H](C[C@@H](OC(C)=O)c1nc(C(=O)N[C@@H](Cc2ccccc2)C[C@H](C)C(=O)OC)cs1)C(C)C. The third kappa shape index (κ3) is 10.7. The third-order valence-corrected chi connectivity index (χ3v) is 8.79. The number of hydrogen-bond acceptors (Lipinski definition) is 9. The molecular formula is C32H48N4O6S. The van der Waals surface area contributed by atoms with E-state index in [1.807, 2.05) is 58.0 Å². The highest BCUT2D eigenvalue weighted by atomic mass is 32.1. The Bertz CT molecular complexity index is 1200. The molecule has 0 spiro atoms. The number of likely N-dealkylation sites (N-methyl/N-ethyl adjacent to an activating group) is 1. The van der Waals surface area contributed by atoms with Gasteiger partial charge in [0.05, 0.1) is 19.1 Å². The van der Waals surface area contributed by atoms with E-state index in [9.17, 15) is 19.2 Å². The predicted octanol–water partition coefficient (Wildman–Crippen LogP) is 4.53. The van der Waals surface area contributed by atoms with Crippen molar-refractivity contribution in [3.8, 4) is 0 Å². The first-order valence-corrected chi connectivity index (χ1v) is 15.7. The second kappa shape index (κ2) is 17.1. The number of esters is 2. The molecule has 1 aromatic carbocycles. The van der Waals surface area contributed by atoms with E-state index in [1.54, 1.807) is 24.3 Å². The number of nitrogens with two attached hydrogens (primary N) is 1. The van der Waals surface area contributed by atoms with Gasteiger partial charge >= 0.3 is 11.9 Å². The lowest BCUT2D eigenvalue weighted by Gasteiger charge is -2.35. The smallest absolute Gasteiger partial charge is 0.308 e. The molecule has 2 amide bonds. The van der Waals surface area contributed by atoms with Gasteiger partial charge in [-0.05, 0) is 30.2 Å². The van der Waals surface area contributed by atoms with Gasteiger partial charge in [-0.1, -0.05) is 71.4 Å². The minimum atomic E-state index is -0.758. The molecule has 11 heteroatoms. The van der Waals surface area contributed by atoms with Crippen molar-refractivity contribution in [3.05, 3.63) is 52.0 Å². The molecular weight excluding hydrogens is 568 g/mol. The van der Waals surface area contributed by atoms with Crippen LogP contribution in [-0.2, 0) is 30.3 Å². The topological polar surface area (TPSA) is 141 Å². The molecule has 1 aromatic heterocycles. The van der Waals surface area contributed by atoms with E-state index in [4.69, 9.17) is 15.2 Å². The minimum absolute atomic E-state index is 0.0217. The number of ether oxygens (including phenoxy) is 2. The van der Waals surface area contributed by atoms with Gasteiger partial charge in [-0.3, -0.25) is 19.2 Å². The van der Waals surface area contributed by atoms with Crippen molar-refractivity contribution in [2.24, 2.45) is 23.5 Å². The summed E-state index contributed by atoms with van der Waals surface area (Å²) in [7, 11) is 3.07. The number of methoxy groups -OCH3 is 1. The van der Waals surface area contributed by atoms with Crippen LogP contribution in [0.4, 0.5) is 0 Å². The number of carbonyl (C=O) groups excluding carboxylic acids is 4. The number of amides is 2. The van der Waals surface area contributed by atoms with E-state index in [0.717, 1.165) is 12.0 Å². The van der Waals surface area contributed by atoms with Crippen molar-refractivity contribution in [2.75, 3.05) is 14.2 Å². The maximum atomic E-state index is 13.4. The Kier molecular flexibility index (Phi) is 14.3. The monoisotopic (exact) mass is 616 g/mol. The van der Waals surface area contributed by atoms with Gasteiger partial charge < -0.3 is 25.4 Å². The summed E-state index contributed by atoms with van der Waals surface area (Å²) in [6.07, 6.45) is 1.23. The van der Waals surface area contributed by atoms with E-state index in [0.29, 0.717) is 24.3 Å². The van der Waals surface area contributed by atoms with Crippen molar-refractivity contribution in [3.63, 3.8) is 0 Å². The van der Waals surface area contributed by atoms with E-state index >= 15 is 0 Å². The molecule has 0 radical (unpaired) electrons. The van der Waals surface area contributed by atoms with Crippen LogP contribution in [0.15, 0.2) is 35.7 Å². The largest absolute Gasteiger partial charge is 0.469 e. The Labute approximate surface area is 259 Å². The fourth-order valence-corrected chi connectivity index (χ4v) is 5.85. The van der Waals surface area contributed by atoms with Crippen LogP contribution in [-0.4, -0.2) is 65.9 Å². The second-order valence-corrected chi connectivity index (χ2v) is 12.5. The van der Waals surface area contributed by atoms with Gasteiger partial charge in [0.1, 0.15) is 10.7 Å². The molecule has 0 aliphatic carbocycles. The summed E-state index contributed by atoms with van der Waals surface area (Å²) in [5, 5.41) is 5.11. The first-order chi connectivity index (χ1) is 20.3. The first kappa shape index (κ1) is 35.9. The number of hydrogen-bond donors (Lipinski definition) is 2. The molecule has 0 aliphatic heterocycles. The lowest BCUT2D eigenvalue weighted by atomic mass is 9.93. The number of aromatic nitrogens is 1. The molecule has 238 valence electrons. The van der Waals surface area contributed by atoms with E-state index in [1.165, 1.54) is 25.4 Å². The molecule has 0 saturated heterocycles. The Morgan fingerprint density at radius 3 is 2.28 bits per heavy atom. The van der Waals surface area contributed by atoms with Crippen LogP contribution in [0, 0.1) is 17.8 Å². The quantitative estimate of drug-likeness (QED) is 0.262. The van der Waals surface area contributed by atoms with Gasteiger partial charge in [-0.25, -0.2) is 4.98 Å². The highest BCUT2D eigenvalue weighted by Gasteiger charge is 2.33. The van der Waals surface area contributed by atoms with Crippen LogP contribution in [0.5, 0.6) is 0 Å². The molecule has 2 rings (SSSR count). The van der Waals surface area contributed by atoms with Crippen LogP contribution in [0.3, 0.4) is 0 Å². The molecule has 0 aliphatic rings. The highest BCUT2D eigenvalue weighted by Crippen LogP contribution is 2.31. The van der Waals surface area contributed by atoms with E-state index in [2.05, 4.69) is 10.3 Å². The molecule has 1 unspecified atom stereocenters. The molecule has 2 aromatic rings. The summed E-state index contributed by atoms with van der Waals surface area (Å²) in [6.45, 7) is 11.0. The molecule has 43 heavy (non-hydrogen) atoms. The fraction of sp³-hybridized carbons (Fsp3) is 0.594. The average Bonchev–Trinajstić information content (AvgIpc) is 3.48. The molecule has 0 bridgehead atoms. The lowest BCUT2D eigenvalue weighted by molar-refractivity contribution is -0.149. The molecule has 3 N–H and O–H groups in total. The van der Waals surface area contributed by atoms with Gasteiger partial charge in [0, 0.05) is 37.9 Å². The summed E-state index contributed by atoms with van der Waals surface area (Å²) in [5.41, 5.74) is 7.46. The van der Waals surface area contributed by atoms with Gasteiger partial charge in [0.15, 0.2) is 6.10 Å². The molecule has 6 atom stereocenters. The maximum Gasteiger partial charge on any atom is 0.308 e. The van der Waals surface area contributed by atoms with Gasteiger partial charge in [0.2, 0.25) is 5.91 Å². The average molecular weight is 617 g/mol. The summed E-state index contributed by atoms with van der Waals surface area (Å²) in [4.78, 5) is 57.0. The van der Waals surface area contributed by atoms with Crippen molar-refractivity contribution in [2.45, 2.75) is 91.5 Å². The number of benzene rings is 1. The summed E-state index contributed by atoms with van der Waals surface area (Å²) in [5.74, 6) is -1.75. The van der Waals surface area contributed by atoms with Crippen molar-refractivity contribution < 1.29 is 28.7 Å². The molecule has 0 saturated carbocycles. The van der Waals surface area contributed by atoms with Gasteiger partial charge in [0.25, 0.3) is 5.91 Å². The Balaban J connectivity index is 2.27. The minimum Gasteiger partial charge on any atom is -0.469 e. The van der Waals surface area contributed by atoms with Crippen LogP contribution >= 0.6 is 11.3 Å². The zero-order valence-electron chi connectivity index (χ0n) is 26.7. The van der Waals surface area contributed by atoms with Crippen molar-refractivity contribution in [1.82, 2.24) is 15.2 Å². The Morgan fingerprint density at radius 1 is 1.07 bits per heavy atom. The van der Waals surface area contributed by atoms with Crippen LogP contribution in [0.25, 0.3) is 0 Å². The predicted molar refractivity (Wildman–Crippen MR) is 167 cm³/mol. The highest BCUT2D eigenvalue weighted by molar-refractivity contribution is 7.09. The zero-order valence-corrected chi connectivity index (χ0v) is 27.5. The van der Waals surface area contributed by atoms with Crippen LogP contribution in [0.1, 0.15) is 88.0 Å². The fourth-order valence-electron chi connectivity index (χ4n) is 5.01. The standard InChI is InChI=1S/C32H48N4O6S/c1-9-20(4)28(33)31(39)36(7)26(19(2)3)17-27(42-22(6)37)30-35-25(18-43-30)29(38)34-24(15-21(5)32(40)41-8)16-23-13-11-10-12-14-23/h10-14,18-21,24,26-28H,9,15-17,33H2,1-8H3,(H,34,38)/t20-,21-,24+,26+,27+,28?/m0/s1. The Hall–Kier alpha value is -3.31. The number of nitrogens with zero attached hydrogens (tertiary/aromatic N) is 2. The zero-order chi connectivity index (χ0) is 32.3. The molecule has 1 heterocycles. The summed E-state index contributed by atoms with van der Waals surface area (Å²) >= 11 is 1.22. The lowest BCUT2D eigenvalue weighted by Crippen LogP contribution is -2.51. The third-order valence-electron chi connectivity index (χ3n) is 7.85. The number of carbonyl (C=O) groups is 4. The normalized spacial score (nSPS) is 15.5. The van der Waals surface area contributed by atoms with Crippen molar-refractivity contribution >= 4 is 35.1 Å². The molecule has 0 fully saturated rings. The van der Waals surface area contributed by atoms with E-state index in [-0.39, 0.29) is 41.5 Å². The number of nitrogens with one attached hydrogen (secondary N) is 1. The van der Waals surface area contributed by atoms with Crippen LogP contribution in [0.2, 0.25) is 0 Å². The van der Waals surface area contributed by atoms with Gasteiger partial charge in [-0.2, -0.15) is 0 Å². The number of rotatable bonds is 16. The maximum absolute atomic E-state index is 13.4. The summed E-state index contributed by atoms with van der Waals surface area (Å²) < 4.78 is 10.6. The van der Waals surface area contributed by atoms with Crippen molar-refractivity contribution in [1.29, 1.82) is 0 Å². The van der Waals surface area contributed by atoms with Gasteiger partial charge in [-0.15, -0.1) is 11.3 Å². The molecule has 10 nitrogen and oxygen atoms in total. The van der Waals surface area contributed by atoms with Crippen LogP contribution < -0.4 is 11.1 Å².